The van der Waals surface area contributed by atoms with Crippen molar-refractivity contribution in [3.8, 4) is 10.7 Å². The van der Waals surface area contributed by atoms with Gasteiger partial charge in [-0.3, -0.25) is 4.79 Å². The third-order valence-electron chi connectivity index (χ3n) is 3.42. The summed E-state index contributed by atoms with van der Waals surface area (Å²) in [5.74, 6) is -0.0328. The van der Waals surface area contributed by atoms with Gasteiger partial charge in [-0.1, -0.05) is 33.8 Å². The van der Waals surface area contributed by atoms with Gasteiger partial charge in [0.05, 0.1) is 15.8 Å². The summed E-state index contributed by atoms with van der Waals surface area (Å²) in [4.78, 5) is 13.3. The molecule has 0 aliphatic heterocycles. The number of nitrogens with one attached hydrogen (secondary N) is 1. The Morgan fingerprint density at radius 1 is 1.40 bits per heavy atom. The summed E-state index contributed by atoms with van der Waals surface area (Å²) in [6, 6.07) is 8.42. The number of rotatable bonds is 5. The molecular weight excluding hydrogens is 427 g/mol. The SMILES string of the molecule is CC(Sc1nnc(-c2cccs2)n1C)C(=O)Nc1ccc(Br)cc1F. The number of benzene rings is 1. The number of aromatic nitrogens is 3. The number of halogens is 2. The Bertz CT molecular complexity index is 898. The Hall–Kier alpha value is -1.71. The third kappa shape index (κ3) is 4.10. The number of anilines is 1. The van der Waals surface area contributed by atoms with E-state index in [1.54, 1.807) is 24.3 Å². The molecule has 0 fully saturated rings. The van der Waals surface area contributed by atoms with Gasteiger partial charge in [0.15, 0.2) is 11.0 Å². The van der Waals surface area contributed by atoms with Crippen LogP contribution in [0.25, 0.3) is 10.7 Å². The van der Waals surface area contributed by atoms with Gasteiger partial charge >= 0.3 is 0 Å². The summed E-state index contributed by atoms with van der Waals surface area (Å²) in [6.45, 7) is 1.75. The van der Waals surface area contributed by atoms with E-state index in [0.29, 0.717) is 9.63 Å². The second-order valence-corrected chi connectivity index (χ2v) is 8.39. The maximum absolute atomic E-state index is 13.8. The fourth-order valence-corrected chi connectivity index (χ4v) is 3.97. The molecule has 1 amide bonds. The second kappa shape index (κ2) is 7.67. The van der Waals surface area contributed by atoms with E-state index in [9.17, 15) is 9.18 Å². The van der Waals surface area contributed by atoms with Crippen LogP contribution in [0.5, 0.6) is 0 Å². The first-order chi connectivity index (χ1) is 12.0. The molecule has 1 N–H and O–H groups in total. The maximum atomic E-state index is 13.8. The van der Waals surface area contributed by atoms with Gasteiger partial charge in [0.25, 0.3) is 0 Å². The van der Waals surface area contributed by atoms with E-state index < -0.39 is 11.1 Å². The molecule has 130 valence electrons. The van der Waals surface area contributed by atoms with Crippen molar-refractivity contribution in [1.82, 2.24) is 14.8 Å². The fourth-order valence-electron chi connectivity index (χ4n) is 2.07. The lowest BCUT2D eigenvalue weighted by molar-refractivity contribution is -0.115. The van der Waals surface area contributed by atoms with Gasteiger partial charge in [-0.05, 0) is 36.6 Å². The number of hydrogen-bond donors (Lipinski definition) is 1. The minimum absolute atomic E-state index is 0.151. The zero-order valence-corrected chi connectivity index (χ0v) is 16.6. The van der Waals surface area contributed by atoms with Gasteiger partial charge in [0, 0.05) is 11.5 Å². The number of nitrogens with zero attached hydrogens (tertiary/aromatic N) is 3. The van der Waals surface area contributed by atoms with Crippen LogP contribution in [0.15, 0.2) is 45.3 Å². The minimum Gasteiger partial charge on any atom is -0.323 e. The topological polar surface area (TPSA) is 59.8 Å². The Balaban J connectivity index is 1.69. The lowest BCUT2D eigenvalue weighted by atomic mass is 10.3. The molecule has 0 saturated carbocycles. The molecule has 2 aromatic heterocycles. The van der Waals surface area contributed by atoms with Crippen molar-refractivity contribution < 1.29 is 9.18 Å². The van der Waals surface area contributed by atoms with Crippen molar-refractivity contribution in [2.75, 3.05) is 5.32 Å². The first-order valence-electron chi connectivity index (χ1n) is 7.31. The highest BCUT2D eigenvalue weighted by Gasteiger charge is 2.20. The Kier molecular flexibility index (Phi) is 5.55. The van der Waals surface area contributed by atoms with Crippen LogP contribution in [-0.2, 0) is 11.8 Å². The molecule has 25 heavy (non-hydrogen) atoms. The van der Waals surface area contributed by atoms with E-state index in [0.717, 1.165) is 10.7 Å². The van der Waals surface area contributed by atoms with Crippen molar-refractivity contribution in [2.45, 2.75) is 17.3 Å². The first-order valence-corrected chi connectivity index (χ1v) is 9.87. The van der Waals surface area contributed by atoms with Crippen molar-refractivity contribution in [2.24, 2.45) is 7.05 Å². The van der Waals surface area contributed by atoms with Crippen LogP contribution < -0.4 is 5.32 Å². The van der Waals surface area contributed by atoms with Crippen LogP contribution >= 0.6 is 39.0 Å². The largest absolute Gasteiger partial charge is 0.323 e. The normalized spacial score (nSPS) is 12.2. The number of carbonyl (C=O) groups is 1. The minimum atomic E-state index is -0.487. The Labute approximate surface area is 160 Å². The molecule has 0 aliphatic rings. The van der Waals surface area contributed by atoms with E-state index in [4.69, 9.17) is 0 Å². The molecule has 9 heteroatoms. The highest BCUT2D eigenvalue weighted by Crippen LogP contribution is 2.28. The first kappa shape index (κ1) is 18.1. The summed E-state index contributed by atoms with van der Waals surface area (Å²) in [7, 11) is 1.86. The predicted octanol–water partition coefficient (Wildman–Crippen LogP) is 4.56. The monoisotopic (exact) mass is 440 g/mol. The van der Waals surface area contributed by atoms with E-state index in [1.165, 1.54) is 23.9 Å². The highest BCUT2D eigenvalue weighted by molar-refractivity contribution is 9.10. The summed E-state index contributed by atoms with van der Waals surface area (Å²) in [5, 5.41) is 13.1. The van der Waals surface area contributed by atoms with E-state index in [-0.39, 0.29) is 11.6 Å². The zero-order chi connectivity index (χ0) is 18.0. The summed E-state index contributed by atoms with van der Waals surface area (Å²) in [6.07, 6.45) is 0. The van der Waals surface area contributed by atoms with Gasteiger partial charge in [-0.2, -0.15) is 0 Å². The maximum Gasteiger partial charge on any atom is 0.237 e. The molecule has 0 aliphatic carbocycles. The molecule has 1 aromatic carbocycles. The average molecular weight is 441 g/mol. The third-order valence-corrected chi connectivity index (χ3v) is 5.91. The molecule has 1 atom stereocenters. The summed E-state index contributed by atoms with van der Waals surface area (Å²) >= 11 is 6.04. The van der Waals surface area contributed by atoms with Crippen molar-refractivity contribution >= 4 is 50.6 Å². The lowest BCUT2D eigenvalue weighted by Crippen LogP contribution is -2.23. The molecule has 1 unspecified atom stereocenters. The van der Waals surface area contributed by atoms with Gasteiger partial charge < -0.3 is 9.88 Å². The van der Waals surface area contributed by atoms with Crippen LogP contribution in [0, 0.1) is 5.82 Å². The number of amides is 1. The standard InChI is InChI=1S/C16H14BrFN4OS2/c1-9(15(23)19-12-6-5-10(17)8-11(12)18)25-16-21-20-14(22(16)2)13-4-3-7-24-13/h3-9H,1-2H3,(H,19,23). The van der Waals surface area contributed by atoms with Gasteiger partial charge in [-0.25, -0.2) is 4.39 Å². The summed E-state index contributed by atoms with van der Waals surface area (Å²) < 4.78 is 16.3. The Morgan fingerprint density at radius 2 is 2.20 bits per heavy atom. The molecule has 3 aromatic rings. The van der Waals surface area contributed by atoms with Crippen LogP contribution in [0.1, 0.15) is 6.92 Å². The van der Waals surface area contributed by atoms with E-state index in [1.807, 2.05) is 29.1 Å². The van der Waals surface area contributed by atoms with E-state index >= 15 is 0 Å². The van der Waals surface area contributed by atoms with E-state index in [2.05, 4.69) is 31.4 Å². The number of thiophene rings is 1. The van der Waals surface area contributed by atoms with Crippen LogP contribution in [0.4, 0.5) is 10.1 Å². The van der Waals surface area contributed by atoms with Crippen molar-refractivity contribution in [1.29, 1.82) is 0 Å². The lowest BCUT2D eigenvalue weighted by Gasteiger charge is -2.12. The van der Waals surface area contributed by atoms with Gasteiger partial charge in [0.2, 0.25) is 5.91 Å². The molecule has 5 nitrogen and oxygen atoms in total. The number of carbonyl (C=O) groups excluding carboxylic acids is 1. The molecule has 0 bridgehead atoms. The number of hydrogen-bond acceptors (Lipinski definition) is 5. The van der Waals surface area contributed by atoms with Crippen LogP contribution in [-0.4, -0.2) is 25.9 Å². The fraction of sp³-hybridized carbons (Fsp3) is 0.188. The molecule has 3 rings (SSSR count). The Morgan fingerprint density at radius 3 is 2.88 bits per heavy atom. The zero-order valence-electron chi connectivity index (χ0n) is 13.4. The average Bonchev–Trinajstić information content (AvgIpc) is 3.20. The smallest absolute Gasteiger partial charge is 0.237 e. The summed E-state index contributed by atoms with van der Waals surface area (Å²) in [5.41, 5.74) is 0.151. The second-order valence-electron chi connectivity index (χ2n) is 5.22. The predicted molar refractivity (Wildman–Crippen MR) is 102 cm³/mol. The molecule has 0 saturated heterocycles. The van der Waals surface area contributed by atoms with Crippen LogP contribution in [0.3, 0.4) is 0 Å². The number of thioether (sulfide) groups is 1. The van der Waals surface area contributed by atoms with Crippen LogP contribution in [0.2, 0.25) is 0 Å². The van der Waals surface area contributed by atoms with Crippen molar-refractivity contribution in [3.63, 3.8) is 0 Å². The highest BCUT2D eigenvalue weighted by atomic mass is 79.9. The van der Waals surface area contributed by atoms with Gasteiger partial charge in [-0.15, -0.1) is 21.5 Å². The molecular formula is C16H14BrFN4OS2. The van der Waals surface area contributed by atoms with Crippen molar-refractivity contribution in [3.05, 3.63) is 46.0 Å². The quantitative estimate of drug-likeness (QED) is 0.590. The molecule has 0 spiro atoms. The molecule has 0 radical (unpaired) electrons. The molecule has 2 heterocycles. The van der Waals surface area contributed by atoms with Gasteiger partial charge in [0.1, 0.15) is 5.82 Å².